The van der Waals surface area contributed by atoms with Crippen LogP contribution < -0.4 is 10.6 Å². The van der Waals surface area contributed by atoms with Crippen LogP contribution in [-0.4, -0.2) is 19.0 Å². The van der Waals surface area contributed by atoms with E-state index in [9.17, 15) is 4.79 Å². The number of quaternary nitrogens is 1. The number of benzene rings is 3. The maximum atomic E-state index is 11.6. The van der Waals surface area contributed by atoms with Gasteiger partial charge in [0, 0.05) is 5.56 Å². The molecule has 0 aliphatic carbocycles. The molecule has 24 heavy (non-hydrogen) atoms. The van der Waals surface area contributed by atoms with E-state index in [-0.39, 0.29) is 11.8 Å². The average Bonchev–Trinajstić information content (AvgIpc) is 2.62. The lowest BCUT2D eigenvalue weighted by Crippen LogP contribution is -3.12. The first-order chi connectivity index (χ1) is 11.7. The second-order valence-corrected chi connectivity index (χ2v) is 6.92. The van der Waals surface area contributed by atoms with Crippen molar-refractivity contribution in [2.75, 3.05) is 13.1 Å². The van der Waals surface area contributed by atoms with Crippen molar-refractivity contribution < 1.29 is 9.69 Å². The number of nitrogens with two attached hydrogens (primary N) is 1. The zero-order valence-electron chi connectivity index (χ0n) is 13.8. The first-order valence-electron chi connectivity index (χ1n) is 8.74. The smallest absolute Gasteiger partial charge is 0.226 e. The highest BCUT2D eigenvalue weighted by Gasteiger charge is 2.27. The van der Waals surface area contributed by atoms with E-state index in [0.717, 1.165) is 32.5 Å². The second-order valence-electron chi connectivity index (χ2n) is 6.92. The molecule has 0 aromatic heterocycles. The molecule has 1 amide bonds. The van der Waals surface area contributed by atoms with E-state index in [0.29, 0.717) is 0 Å². The molecule has 122 valence electrons. The number of hydrogen-bond donors (Lipinski definition) is 2. The van der Waals surface area contributed by atoms with E-state index < -0.39 is 0 Å². The number of fused-ring (bicyclic) bond motifs is 2. The molecule has 1 aliphatic heterocycles. The molecule has 4 rings (SSSR count). The number of rotatable bonds is 3. The van der Waals surface area contributed by atoms with E-state index >= 15 is 0 Å². The van der Waals surface area contributed by atoms with Gasteiger partial charge < -0.3 is 10.6 Å². The molecule has 0 saturated carbocycles. The van der Waals surface area contributed by atoms with Gasteiger partial charge in [0.15, 0.2) is 0 Å². The Balaban J connectivity index is 1.78. The Kier molecular flexibility index (Phi) is 3.95. The summed E-state index contributed by atoms with van der Waals surface area (Å²) in [4.78, 5) is 13.1. The third-order valence-corrected chi connectivity index (χ3v) is 5.33. The minimum atomic E-state index is -0.144. The minimum absolute atomic E-state index is 0.0231. The zero-order valence-corrected chi connectivity index (χ0v) is 13.8. The normalized spacial score (nSPS) is 21.2. The quantitative estimate of drug-likeness (QED) is 0.715. The predicted octanol–water partition coefficient (Wildman–Crippen LogP) is 2.27. The van der Waals surface area contributed by atoms with Crippen LogP contribution >= 0.6 is 0 Å². The summed E-state index contributed by atoms with van der Waals surface area (Å²) in [6, 6.07) is 19.5. The summed E-state index contributed by atoms with van der Waals surface area (Å²) < 4.78 is 0. The number of likely N-dealkylation sites (tertiary alicyclic amines) is 1. The van der Waals surface area contributed by atoms with Crippen LogP contribution in [0.4, 0.5) is 0 Å². The zero-order chi connectivity index (χ0) is 16.5. The SMILES string of the molecule is NC(=O)[C@@H]1CCC[NH+](Cc2c3ccccc3cc3ccccc23)C1. The Bertz CT molecular complexity index is 849. The van der Waals surface area contributed by atoms with Crippen molar-refractivity contribution in [2.45, 2.75) is 19.4 Å². The molecular formula is C21H23N2O+. The van der Waals surface area contributed by atoms with Gasteiger partial charge in [0.2, 0.25) is 5.91 Å². The van der Waals surface area contributed by atoms with E-state index in [2.05, 4.69) is 54.6 Å². The first-order valence-corrected chi connectivity index (χ1v) is 8.74. The number of nitrogens with one attached hydrogen (secondary N) is 1. The van der Waals surface area contributed by atoms with Gasteiger partial charge in [-0.3, -0.25) is 4.79 Å². The molecule has 3 N–H and O–H groups in total. The van der Waals surface area contributed by atoms with Crippen molar-refractivity contribution in [2.24, 2.45) is 11.7 Å². The lowest BCUT2D eigenvalue weighted by molar-refractivity contribution is -0.920. The molecule has 3 nitrogen and oxygen atoms in total. The summed E-state index contributed by atoms with van der Waals surface area (Å²) in [7, 11) is 0. The molecule has 3 aromatic rings. The minimum Gasteiger partial charge on any atom is -0.369 e. The fourth-order valence-electron chi connectivity index (χ4n) is 4.10. The molecule has 3 aromatic carbocycles. The molecule has 0 spiro atoms. The van der Waals surface area contributed by atoms with Crippen LogP contribution in [-0.2, 0) is 11.3 Å². The molecule has 3 heteroatoms. The van der Waals surface area contributed by atoms with Crippen LogP contribution in [0.3, 0.4) is 0 Å². The highest BCUT2D eigenvalue weighted by Crippen LogP contribution is 2.28. The Hall–Kier alpha value is -2.39. The molecule has 1 aliphatic rings. The second kappa shape index (κ2) is 6.25. The summed E-state index contributed by atoms with van der Waals surface area (Å²) >= 11 is 0. The summed E-state index contributed by atoms with van der Waals surface area (Å²) in [6.07, 6.45) is 2.01. The van der Waals surface area contributed by atoms with Crippen LogP contribution in [0.5, 0.6) is 0 Å². The van der Waals surface area contributed by atoms with Crippen molar-refractivity contribution in [3.8, 4) is 0 Å². The summed E-state index contributed by atoms with van der Waals surface area (Å²) in [5.41, 5.74) is 6.94. The van der Waals surface area contributed by atoms with Gasteiger partial charge in [-0.15, -0.1) is 0 Å². The van der Waals surface area contributed by atoms with Crippen LogP contribution in [0.2, 0.25) is 0 Å². The van der Waals surface area contributed by atoms with Gasteiger partial charge >= 0.3 is 0 Å². The maximum Gasteiger partial charge on any atom is 0.226 e. The molecule has 1 fully saturated rings. The van der Waals surface area contributed by atoms with Gasteiger partial charge in [0.25, 0.3) is 0 Å². The topological polar surface area (TPSA) is 47.5 Å². The third-order valence-electron chi connectivity index (χ3n) is 5.33. The molecule has 0 bridgehead atoms. The van der Waals surface area contributed by atoms with Crippen molar-refractivity contribution in [1.29, 1.82) is 0 Å². The van der Waals surface area contributed by atoms with Gasteiger partial charge in [-0.1, -0.05) is 48.5 Å². The van der Waals surface area contributed by atoms with Gasteiger partial charge in [-0.25, -0.2) is 0 Å². The molecule has 1 unspecified atom stereocenters. The Labute approximate surface area is 142 Å². The van der Waals surface area contributed by atoms with Crippen LogP contribution in [0.15, 0.2) is 54.6 Å². The molecule has 2 atom stereocenters. The van der Waals surface area contributed by atoms with Crippen LogP contribution in [0.25, 0.3) is 21.5 Å². The maximum absolute atomic E-state index is 11.6. The fraction of sp³-hybridized carbons (Fsp3) is 0.286. The monoisotopic (exact) mass is 319 g/mol. The summed E-state index contributed by atoms with van der Waals surface area (Å²) in [5, 5.41) is 5.22. The van der Waals surface area contributed by atoms with Crippen molar-refractivity contribution >= 4 is 27.5 Å². The fourth-order valence-corrected chi connectivity index (χ4v) is 4.10. The molecule has 1 heterocycles. The Morgan fingerprint density at radius 1 is 1.04 bits per heavy atom. The van der Waals surface area contributed by atoms with Gasteiger partial charge in [0.05, 0.1) is 19.0 Å². The third kappa shape index (κ3) is 2.76. The lowest BCUT2D eigenvalue weighted by Gasteiger charge is -2.29. The molecule has 1 saturated heterocycles. The van der Waals surface area contributed by atoms with Crippen molar-refractivity contribution in [3.05, 3.63) is 60.2 Å². The molecule has 0 radical (unpaired) electrons. The van der Waals surface area contributed by atoms with E-state index in [4.69, 9.17) is 5.73 Å². The van der Waals surface area contributed by atoms with Gasteiger partial charge in [0.1, 0.15) is 6.54 Å². The van der Waals surface area contributed by atoms with Crippen molar-refractivity contribution in [1.82, 2.24) is 0 Å². The molecular weight excluding hydrogens is 296 g/mol. The summed E-state index contributed by atoms with van der Waals surface area (Å²) in [5.74, 6) is -0.120. The number of piperidine rings is 1. The number of carbonyl (C=O) groups excluding carboxylic acids is 1. The van der Waals surface area contributed by atoms with E-state index in [1.54, 1.807) is 0 Å². The average molecular weight is 319 g/mol. The van der Waals surface area contributed by atoms with Crippen LogP contribution in [0, 0.1) is 5.92 Å². The summed E-state index contributed by atoms with van der Waals surface area (Å²) in [6.45, 7) is 2.92. The largest absolute Gasteiger partial charge is 0.369 e. The van der Waals surface area contributed by atoms with Gasteiger partial charge in [-0.2, -0.15) is 0 Å². The standard InChI is InChI=1S/C21H22N2O/c22-21(24)17-8-5-11-23(13-17)14-20-18-9-3-1-6-15(18)12-16-7-2-4-10-19(16)20/h1-4,6-7,9-10,12,17H,5,8,11,13-14H2,(H2,22,24)/p+1/t17-/m1/s1. The van der Waals surface area contributed by atoms with Gasteiger partial charge in [-0.05, 0) is 40.5 Å². The lowest BCUT2D eigenvalue weighted by atomic mass is 9.94. The van der Waals surface area contributed by atoms with Crippen LogP contribution in [0.1, 0.15) is 18.4 Å². The number of hydrogen-bond acceptors (Lipinski definition) is 1. The Morgan fingerprint density at radius 3 is 2.29 bits per heavy atom. The highest BCUT2D eigenvalue weighted by molar-refractivity contribution is 6.02. The number of primary amides is 1. The Morgan fingerprint density at radius 2 is 1.67 bits per heavy atom. The number of amides is 1. The van der Waals surface area contributed by atoms with Crippen molar-refractivity contribution in [3.63, 3.8) is 0 Å². The predicted molar refractivity (Wildman–Crippen MR) is 97.8 cm³/mol. The highest BCUT2D eigenvalue weighted by atomic mass is 16.1. The number of carbonyl (C=O) groups is 1. The van der Waals surface area contributed by atoms with E-state index in [1.807, 2.05) is 0 Å². The first kappa shape index (κ1) is 15.2. The van der Waals surface area contributed by atoms with E-state index in [1.165, 1.54) is 32.0 Å².